The Balaban J connectivity index is 2.30. The topological polar surface area (TPSA) is 60.6 Å². The lowest BCUT2D eigenvalue weighted by Gasteiger charge is -2.34. The van der Waals surface area contributed by atoms with Crippen molar-refractivity contribution < 1.29 is 9.47 Å². The second kappa shape index (κ2) is 4.57. The molecule has 0 aromatic carbocycles. The van der Waals surface area contributed by atoms with Crippen molar-refractivity contribution in [2.24, 2.45) is 0 Å². The van der Waals surface area contributed by atoms with Gasteiger partial charge in [-0.15, -0.1) is 0 Å². The van der Waals surface area contributed by atoms with Gasteiger partial charge in [-0.25, -0.2) is 0 Å². The highest BCUT2D eigenvalue weighted by Crippen LogP contribution is 2.26. The summed E-state index contributed by atoms with van der Waals surface area (Å²) in [6.45, 7) is 4.33. The number of rotatable bonds is 2. The van der Waals surface area contributed by atoms with Gasteiger partial charge in [0.1, 0.15) is 0 Å². The molecule has 1 aromatic rings. The number of methoxy groups -OCH3 is 1. The molecule has 1 aromatic heterocycles. The van der Waals surface area contributed by atoms with Crippen LogP contribution >= 0.6 is 0 Å². The Morgan fingerprint density at radius 2 is 2.38 bits per heavy atom. The molecule has 0 spiro atoms. The zero-order valence-electron chi connectivity index (χ0n) is 9.64. The van der Waals surface area contributed by atoms with Crippen LogP contribution in [0.25, 0.3) is 0 Å². The number of aromatic nitrogens is 1. The molecule has 0 saturated carbocycles. The second-order valence-electron chi connectivity index (χ2n) is 3.88. The van der Waals surface area contributed by atoms with Gasteiger partial charge in [-0.2, -0.15) is 4.98 Å². The Labute approximate surface area is 95.2 Å². The molecule has 88 valence electrons. The van der Waals surface area contributed by atoms with Crippen molar-refractivity contribution in [3.63, 3.8) is 0 Å². The molecule has 1 unspecified atom stereocenters. The van der Waals surface area contributed by atoms with Crippen molar-refractivity contribution >= 4 is 11.5 Å². The van der Waals surface area contributed by atoms with Crippen molar-refractivity contribution in [1.29, 1.82) is 0 Å². The van der Waals surface area contributed by atoms with Crippen LogP contribution in [-0.4, -0.2) is 37.9 Å². The summed E-state index contributed by atoms with van der Waals surface area (Å²) < 4.78 is 10.5. The highest BCUT2D eigenvalue weighted by Gasteiger charge is 2.22. The van der Waals surface area contributed by atoms with Gasteiger partial charge in [0.15, 0.2) is 5.82 Å². The maximum atomic E-state index is 5.94. The smallest absolute Gasteiger partial charge is 0.215 e. The van der Waals surface area contributed by atoms with Crippen LogP contribution in [0.3, 0.4) is 0 Å². The molecule has 16 heavy (non-hydrogen) atoms. The molecular weight excluding hydrogens is 206 g/mol. The van der Waals surface area contributed by atoms with Gasteiger partial charge in [0.25, 0.3) is 0 Å². The van der Waals surface area contributed by atoms with Crippen molar-refractivity contribution in [2.75, 3.05) is 37.5 Å². The summed E-state index contributed by atoms with van der Waals surface area (Å²) in [5.74, 6) is 1.37. The molecule has 1 fully saturated rings. The third kappa shape index (κ3) is 2.04. The molecule has 1 atom stereocenters. The third-order valence-corrected chi connectivity index (χ3v) is 2.73. The van der Waals surface area contributed by atoms with Crippen molar-refractivity contribution in [1.82, 2.24) is 4.98 Å². The SMILES string of the molecule is COc1ccc(N)c(N2CCOCC2C)n1. The second-order valence-corrected chi connectivity index (χ2v) is 3.88. The summed E-state index contributed by atoms with van der Waals surface area (Å²) in [5.41, 5.74) is 6.61. The lowest BCUT2D eigenvalue weighted by atomic mass is 10.2. The maximum absolute atomic E-state index is 5.94. The van der Waals surface area contributed by atoms with E-state index in [0.29, 0.717) is 24.8 Å². The number of anilines is 2. The number of nitrogens with two attached hydrogens (primary N) is 1. The van der Waals surface area contributed by atoms with Crippen LogP contribution in [0.5, 0.6) is 5.88 Å². The van der Waals surface area contributed by atoms with Gasteiger partial charge in [-0.3, -0.25) is 0 Å². The van der Waals surface area contributed by atoms with E-state index in [1.54, 1.807) is 13.2 Å². The normalized spacial score (nSPS) is 20.9. The first-order valence-electron chi connectivity index (χ1n) is 5.37. The van der Waals surface area contributed by atoms with E-state index in [1.165, 1.54) is 0 Å². The Kier molecular flexibility index (Phi) is 3.14. The Morgan fingerprint density at radius 1 is 1.56 bits per heavy atom. The first kappa shape index (κ1) is 11.0. The Bertz CT molecular complexity index is 370. The summed E-state index contributed by atoms with van der Waals surface area (Å²) in [6.07, 6.45) is 0. The minimum absolute atomic E-state index is 0.288. The van der Waals surface area contributed by atoms with Gasteiger partial charge in [0.05, 0.1) is 32.1 Å². The van der Waals surface area contributed by atoms with E-state index in [4.69, 9.17) is 15.2 Å². The molecule has 5 nitrogen and oxygen atoms in total. The van der Waals surface area contributed by atoms with E-state index in [0.717, 1.165) is 12.4 Å². The maximum Gasteiger partial charge on any atom is 0.215 e. The summed E-state index contributed by atoms with van der Waals surface area (Å²) in [7, 11) is 1.60. The molecule has 1 aliphatic rings. The fraction of sp³-hybridized carbons (Fsp3) is 0.545. The Morgan fingerprint density at radius 3 is 3.06 bits per heavy atom. The molecule has 1 aliphatic heterocycles. The summed E-state index contributed by atoms with van der Waals surface area (Å²) in [6, 6.07) is 3.88. The number of nitrogens with zero attached hydrogens (tertiary/aromatic N) is 2. The molecule has 0 bridgehead atoms. The van der Waals surface area contributed by atoms with E-state index >= 15 is 0 Å². The molecule has 2 N–H and O–H groups in total. The van der Waals surface area contributed by atoms with Crippen LogP contribution < -0.4 is 15.4 Å². The third-order valence-electron chi connectivity index (χ3n) is 2.73. The lowest BCUT2D eigenvalue weighted by molar-refractivity contribution is 0.0985. The van der Waals surface area contributed by atoms with E-state index in [2.05, 4.69) is 16.8 Å². The fourth-order valence-corrected chi connectivity index (χ4v) is 1.83. The summed E-state index contributed by atoms with van der Waals surface area (Å²) >= 11 is 0. The molecule has 2 rings (SSSR count). The highest BCUT2D eigenvalue weighted by atomic mass is 16.5. The summed E-state index contributed by atoms with van der Waals surface area (Å²) in [5, 5.41) is 0. The van der Waals surface area contributed by atoms with Gasteiger partial charge in [-0.1, -0.05) is 0 Å². The zero-order valence-corrected chi connectivity index (χ0v) is 9.64. The van der Waals surface area contributed by atoms with Crippen molar-refractivity contribution in [3.05, 3.63) is 12.1 Å². The van der Waals surface area contributed by atoms with Crippen LogP contribution in [0.2, 0.25) is 0 Å². The minimum Gasteiger partial charge on any atom is -0.481 e. The van der Waals surface area contributed by atoms with Gasteiger partial charge >= 0.3 is 0 Å². The van der Waals surface area contributed by atoms with Crippen molar-refractivity contribution in [3.8, 4) is 5.88 Å². The highest BCUT2D eigenvalue weighted by molar-refractivity contribution is 5.64. The monoisotopic (exact) mass is 223 g/mol. The fourth-order valence-electron chi connectivity index (χ4n) is 1.83. The van der Waals surface area contributed by atoms with Gasteiger partial charge in [0, 0.05) is 12.6 Å². The number of pyridine rings is 1. The largest absolute Gasteiger partial charge is 0.481 e. The number of nitrogen functional groups attached to an aromatic ring is 1. The quantitative estimate of drug-likeness (QED) is 0.807. The van der Waals surface area contributed by atoms with E-state index in [1.807, 2.05) is 6.07 Å². The van der Waals surface area contributed by atoms with Gasteiger partial charge < -0.3 is 20.1 Å². The molecular formula is C11H17N3O2. The van der Waals surface area contributed by atoms with Gasteiger partial charge in [0.2, 0.25) is 5.88 Å². The van der Waals surface area contributed by atoms with E-state index in [9.17, 15) is 0 Å². The predicted octanol–water partition coefficient (Wildman–Crippen LogP) is 0.897. The average molecular weight is 223 g/mol. The molecule has 2 heterocycles. The van der Waals surface area contributed by atoms with Crippen LogP contribution in [0, 0.1) is 0 Å². The van der Waals surface area contributed by atoms with Crippen LogP contribution in [0.4, 0.5) is 11.5 Å². The number of hydrogen-bond acceptors (Lipinski definition) is 5. The standard InChI is InChI=1S/C11H17N3O2/c1-8-7-16-6-5-14(8)11-9(12)3-4-10(13-11)15-2/h3-4,8H,5-7,12H2,1-2H3. The first-order chi connectivity index (χ1) is 7.72. The van der Waals surface area contributed by atoms with Gasteiger partial charge in [-0.05, 0) is 13.0 Å². The minimum atomic E-state index is 0.288. The predicted molar refractivity (Wildman–Crippen MR) is 62.8 cm³/mol. The lowest BCUT2D eigenvalue weighted by Crippen LogP contribution is -2.44. The van der Waals surface area contributed by atoms with Crippen LogP contribution in [-0.2, 0) is 4.74 Å². The first-order valence-corrected chi connectivity index (χ1v) is 5.37. The zero-order chi connectivity index (χ0) is 11.5. The van der Waals surface area contributed by atoms with Crippen LogP contribution in [0.1, 0.15) is 6.92 Å². The number of ether oxygens (including phenoxy) is 2. The molecule has 0 radical (unpaired) electrons. The number of hydrogen-bond donors (Lipinski definition) is 1. The van der Waals surface area contributed by atoms with Crippen molar-refractivity contribution in [2.45, 2.75) is 13.0 Å². The molecule has 5 heteroatoms. The van der Waals surface area contributed by atoms with Crippen LogP contribution in [0.15, 0.2) is 12.1 Å². The van der Waals surface area contributed by atoms with E-state index in [-0.39, 0.29) is 6.04 Å². The summed E-state index contributed by atoms with van der Waals surface area (Å²) in [4.78, 5) is 6.54. The van der Waals surface area contributed by atoms with E-state index < -0.39 is 0 Å². The number of morpholine rings is 1. The Hall–Kier alpha value is -1.49. The average Bonchev–Trinajstić information content (AvgIpc) is 2.31. The molecule has 0 amide bonds. The molecule has 1 saturated heterocycles. The molecule has 0 aliphatic carbocycles.